The van der Waals surface area contributed by atoms with Crippen LogP contribution in [-0.4, -0.2) is 126 Å². The summed E-state index contributed by atoms with van der Waals surface area (Å²) in [5.74, 6) is -5.01. The van der Waals surface area contributed by atoms with Gasteiger partial charge in [-0.25, -0.2) is 24.0 Å². The van der Waals surface area contributed by atoms with Crippen LogP contribution in [-0.2, 0) is 61.9 Å². The van der Waals surface area contributed by atoms with E-state index in [1.165, 1.54) is 34.6 Å². The van der Waals surface area contributed by atoms with E-state index in [-0.39, 0.29) is 18.7 Å². The van der Waals surface area contributed by atoms with Crippen molar-refractivity contribution in [1.82, 2.24) is 14.1 Å². The van der Waals surface area contributed by atoms with Crippen LogP contribution in [0.1, 0.15) is 62.3 Å². The molecule has 276 valence electrons. The SMILES string of the molecule is CC(=O)OC(C)C(=O)OC(C)C(=O)OC(C)C(=O)OC(C)C(=O)OC(C)C(=O)OC(CNC(C)(C)C)COc1nsnc1N1CCOCC1. The molecule has 6 unspecified atom stereocenters. The molecular weight excluding hydrogens is 672 g/mol. The molecule has 0 aliphatic carbocycles. The number of nitrogens with zero attached hydrogens (tertiary/aromatic N) is 3. The summed E-state index contributed by atoms with van der Waals surface area (Å²) in [7, 11) is 0. The van der Waals surface area contributed by atoms with Gasteiger partial charge < -0.3 is 48.1 Å². The van der Waals surface area contributed by atoms with Gasteiger partial charge in [0, 0.05) is 32.1 Å². The predicted octanol–water partition coefficient (Wildman–Crippen LogP) is 0.732. The molecule has 0 aromatic carbocycles. The average molecular weight is 719 g/mol. The Balaban J connectivity index is 1.89. The first kappa shape index (κ1) is 41.1. The summed E-state index contributed by atoms with van der Waals surface area (Å²) in [6, 6.07) is 0. The molecular formula is C30H46N4O14S. The summed E-state index contributed by atoms with van der Waals surface area (Å²) in [4.78, 5) is 75.3. The molecule has 0 amide bonds. The first-order valence-electron chi connectivity index (χ1n) is 15.6. The molecule has 0 spiro atoms. The van der Waals surface area contributed by atoms with Gasteiger partial charge in [-0.2, -0.15) is 4.37 Å². The Bertz CT molecular complexity index is 1300. The summed E-state index contributed by atoms with van der Waals surface area (Å²) in [5.41, 5.74) is -0.318. The molecule has 0 saturated carbocycles. The van der Waals surface area contributed by atoms with Crippen LogP contribution in [0.5, 0.6) is 5.88 Å². The molecule has 1 aromatic heterocycles. The molecule has 1 fully saturated rings. The highest BCUT2D eigenvalue weighted by Crippen LogP contribution is 2.26. The number of rotatable bonds is 17. The number of esters is 6. The molecule has 19 heteroatoms. The largest absolute Gasteiger partial charge is 0.470 e. The number of hydrogen-bond donors (Lipinski definition) is 1. The maximum atomic E-state index is 12.9. The van der Waals surface area contributed by atoms with Crippen molar-refractivity contribution in [3.05, 3.63) is 0 Å². The molecule has 6 atom stereocenters. The van der Waals surface area contributed by atoms with Gasteiger partial charge in [0.05, 0.1) is 24.9 Å². The Hall–Kier alpha value is -4.10. The van der Waals surface area contributed by atoms with E-state index in [1.807, 2.05) is 25.7 Å². The van der Waals surface area contributed by atoms with Crippen LogP contribution in [0.2, 0.25) is 0 Å². The van der Waals surface area contributed by atoms with Crippen molar-refractivity contribution in [2.75, 3.05) is 44.4 Å². The molecule has 2 heterocycles. The number of hydrogen-bond acceptors (Lipinski definition) is 19. The molecule has 1 aliphatic heterocycles. The van der Waals surface area contributed by atoms with Crippen LogP contribution in [0.15, 0.2) is 0 Å². The van der Waals surface area contributed by atoms with E-state index in [0.717, 1.165) is 18.7 Å². The van der Waals surface area contributed by atoms with Crippen molar-refractivity contribution >= 4 is 53.4 Å². The molecule has 0 radical (unpaired) electrons. The maximum absolute atomic E-state index is 12.9. The summed E-state index contributed by atoms with van der Waals surface area (Å²) in [5, 5.41) is 3.25. The Morgan fingerprint density at radius 2 is 1.16 bits per heavy atom. The van der Waals surface area contributed by atoms with E-state index in [4.69, 9.17) is 33.2 Å². The Labute approximate surface area is 288 Å². The molecule has 1 aliphatic rings. The molecule has 18 nitrogen and oxygen atoms in total. The van der Waals surface area contributed by atoms with Crippen LogP contribution >= 0.6 is 11.7 Å². The Morgan fingerprint density at radius 3 is 1.59 bits per heavy atom. The van der Waals surface area contributed by atoms with E-state index < -0.39 is 72.4 Å². The highest BCUT2D eigenvalue weighted by Gasteiger charge is 2.32. The third-order valence-corrected chi connectivity index (χ3v) is 6.98. The van der Waals surface area contributed by atoms with Gasteiger partial charge in [0.1, 0.15) is 12.7 Å². The van der Waals surface area contributed by atoms with Gasteiger partial charge in [-0.05, 0) is 55.4 Å². The average Bonchev–Trinajstić information content (AvgIpc) is 3.50. The monoisotopic (exact) mass is 718 g/mol. The van der Waals surface area contributed by atoms with Gasteiger partial charge in [0.25, 0.3) is 5.88 Å². The normalized spacial score (nSPS) is 16.9. The van der Waals surface area contributed by atoms with Crippen molar-refractivity contribution < 1.29 is 66.7 Å². The smallest absolute Gasteiger partial charge is 0.347 e. The first-order valence-corrected chi connectivity index (χ1v) is 16.3. The zero-order valence-electron chi connectivity index (χ0n) is 29.2. The Kier molecular flexibility index (Phi) is 16.1. The molecule has 1 N–H and O–H groups in total. The highest BCUT2D eigenvalue weighted by atomic mass is 32.1. The standard InChI is InChI=1S/C30H46N4O14S/c1-16(43-21(6)35)25(36)44-17(2)26(37)45-18(3)27(38)46-19(4)28(39)47-20(5)29(40)48-22(14-31-30(7,8)9)15-42-24-23(32-49-33-24)34-10-12-41-13-11-34/h16-20,22,31H,10-15H2,1-9H3. The number of carbonyl (C=O) groups is 6. The van der Waals surface area contributed by atoms with Crippen LogP contribution < -0.4 is 15.0 Å². The van der Waals surface area contributed by atoms with Crippen molar-refractivity contribution in [2.45, 2.75) is 104 Å². The van der Waals surface area contributed by atoms with E-state index in [1.54, 1.807) is 0 Å². The zero-order valence-corrected chi connectivity index (χ0v) is 30.0. The third-order valence-electron chi connectivity index (χ3n) is 6.48. The van der Waals surface area contributed by atoms with Gasteiger partial charge in [0.15, 0.2) is 30.5 Å². The lowest BCUT2D eigenvalue weighted by atomic mass is 10.1. The maximum Gasteiger partial charge on any atom is 0.347 e. The summed E-state index contributed by atoms with van der Waals surface area (Å²) in [6.07, 6.45) is -7.94. The molecule has 1 aromatic rings. The van der Waals surface area contributed by atoms with Crippen molar-refractivity contribution in [2.24, 2.45) is 0 Å². The number of aromatic nitrogens is 2. The Morgan fingerprint density at radius 1 is 0.735 bits per heavy atom. The van der Waals surface area contributed by atoms with E-state index in [2.05, 4.69) is 18.8 Å². The fraction of sp³-hybridized carbons (Fsp3) is 0.733. The van der Waals surface area contributed by atoms with Crippen LogP contribution in [0.4, 0.5) is 5.82 Å². The lowest BCUT2D eigenvalue weighted by Crippen LogP contribution is -2.45. The zero-order chi connectivity index (χ0) is 36.9. The summed E-state index contributed by atoms with van der Waals surface area (Å²) >= 11 is 0.991. The number of anilines is 1. The van der Waals surface area contributed by atoms with Crippen molar-refractivity contribution in [3.63, 3.8) is 0 Å². The van der Waals surface area contributed by atoms with Crippen molar-refractivity contribution in [1.29, 1.82) is 0 Å². The minimum atomic E-state index is -1.51. The van der Waals surface area contributed by atoms with Gasteiger partial charge in [-0.3, -0.25) is 4.79 Å². The van der Waals surface area contributed by atoms with Gasteiger partial charge in [-0.1, -0.05) is 0 Å². The molecule has 0 bridgehead atoms. The van der Waals surface area contributed by atoms with Gasteiger partial charge >= 0.3 is 35.8 Å². The number of nitrogens with one attached hydrogen (secondary N) is 1. The second-order valence-corrected chi connectivity index (χ2v) is 12.6. The number of carbonyl (C=O) groups excluding carboxylic acids is 6. The minimum absolute atomic E-state index is 0.0775. The number of morpholine rings is 1. The minimum Gasteiger partial charge on any atom is -0.470 e. The molecule has 49 heavy (non-hydrogen) atoms. The second-order valence-electron chi connectivity index (χ2n) is 12.1. The predicted molar refractivity (Wildman–Crippen MR) is 170 cm³/mol. The van der Waals surface area contributed by atoms with Gasteiger partial charge in [-0.15, -0.1) is 4.37 Å². The molecule has 2 rings (SSSR count). The second kappa shape index (κ2) is 19.2. The quantitative estimate of drug-likeness (QED) is 0.173. The van der Waals surface area contributed by atoms with Crippen LogP contribution in [0.25, 0.3) is 0 Å². The van der Waals surface area contributed by atoms with Crippen LogP contribution in [0.3, 0.4) is 0 Å². The molecule has 1 saturated heterocycles. The first-order chi connectivity index (χ1) is 22.9. The number of ether oxygens (including phenoxy) is 8. The fourth-order valence-electron chi connectivity index (χ4n) is 3.79. The highest BCUT2D eigenvalue weighted by molar-refractivity contribution is 6.99. The third kappa shape index (κ3) is 14.5. The van der Waals surface area contributed by atoms with E-state index in [0.29, 0.717) is 38.0 Å². The summed E-state index contributed by atoms with van der Waals surface area (Å²) < 4.78 is 50.2. The van der Waals surface area contributed by atoms with Crippen molar-refractivity contribution in [3.8, 4) is 5.88 Å². The van der Waals surface area contributed by atoms with Crippen LogP contribution in [0, 0.1) is 0 Å². The van der Waals surface area contributed by atoms with E-state index >= 15 is 0 Å². The lowest BCUT2D eigenvalue weighted by molar-refractivity contribution is -0.187. The fourth-order valence-corrected chi connectivity index (χ4v) is 4.31. The van der Waals surface area contributed by atoms with Gasteiger partial charge in [0.2, 0.25) is 5.82 Å². The lowest BCUT2D eigenvalue weighted by Gasteiger charge is -2.28. The summed E-state index contributed by atoms with van der Waals surface area (Å²) in [6.45, 7) is 15.5. The topological polar surface area (TPSA) is 217 Å². The van der Waals surface area contributed by atoms with E-state index in [9.17, 15) is 28.8 Å².